The van der Waals surface area contributed by atoms with Gasteiger partial charge in [0.15, 0.2) is 0 Å². The molecular formula is C33H68NPSi3Ti. The molecule has 0 unspecified atom stereocenters. The summed E-state index contributed by atoms with van der Waals surface area (Å²) in [6.45, 7) is 32.5. The van der Waals surface area contributed by atoms with E-state index in [1.165, 1.54) is 73.5 Å². The third-order valence-corrected chi connectivity index (χ3v) is 70.6. The molecule has 1 rings (SSSR count). The van der Waals surface area contributed by atoms with Crippen molar-refractivity contribution in [3.05, 3.63) is 47.2 Å². The van der Waals surface area contributed by atoms with E-state index in [1.54, 1.807) is 0 Å². The van der Waals surface area contributed by atoms with Gasteiger partial charge in [-0.1, -0.05) is 172 Å². The molecule has 0 aromatic carbocycles. The SMILES string of the molecule is CCC=C(C)C(C)=CCC.CCCC[Si](C)(C)P(=NC1=CC=CC1)([Si](C)(C)CCCC)[Si](C)(C)CCCC.[Ti]. The maximum atomic E-state index is 6.08. The normalized spacial score (nSPS) is 14.9. The zero-order chi connectivity index (χ0) is 29.5. The van der Waals surface area contributed by atoms with Crippen LogP contribution in [-0.4, -0.2) is 23.2 Å². The van der Waals surface area contributed by atoms with Gasteiger partial charge in [0.25, 0.3) is 0 Å². The fraction of sp³-hybridized carbons (Fsp3) is 0.758. The Kier molecular flexibility index (Phi) is 21.9. The summed E-state index contributed by atoms with van der Waals surface area (Å²) in [7, 11) is -4.33. The van der Waals surface area contributed by atoms with Gasteiger partial charge in [-0.25, -0.2) is 0 Å². The van der Waals surface area contributed by atoms with Crippen molar-refractivity contribution in [1.82, 2.24) is 0 Å². The van der Waals surface area contributed by atoms with Crippen molar-refractivity contribution in [3.8, 4) is 0 Å². The van der Waals surface area contributed by atoms with Crippen molar-refractivity contribution >= 4 is 28.9 Å². The van der Waals surface area contributed by atoms with Gasteiger partial charge in [-0.3, -0.25) is 4.74 Å². The Hall–Kier alpha value is 0.555. The molecule has 6 heteroatoms. The minimum atomic E-state index is -1.44. The maximum absolute atomic E-state index is 6.08. The molecule has 0 radical (unpaired) electrons. The maximum Gasteiger partial charge on any atom is 0.0873 e. The minimum absolute atomic E-state index is 0. The second-order valence-electron chi connectivity index (χ2n) is 13.4. The molecule has 0 aromatic rings. The summed E-state index contributed by atoms with van der Waals surface area (Å²) in [4.78, 5) is 0. The van der Waals surface area contributed by atoms with Crippen LogP contribution in [0.3, 0.4) is 0 Å². The van der Waals surface area contributed by atoms with Gasteiger partial charge in [0.2, 0.25) is 0 Å². The summed E-state index contributed by atoms with van der Waals surface area (Å²) >= 11 is 0. The summed E-state index contributed by atoms with van der Waals surface area (Å²) in [5.74, 6) is 0. The number of nitrogens with zero attached hydrogens (tertiary/aromatic N) is 1. The Balaban J connectivity index is 0. The smallest absolute Gasteiger partial charge is 0.0873 e. The topological polar surface area (TPSA) is 12.4 Å². The molecule has 0 aliphatic heterocycles. The number of allylic oxidation sites excluding steroid dienone is 7. The average molecular weight is 642 g/mol. The van der Waals surface area contributed by atoms with Crippen LogP contribution >= 0.6 is 5.70 Å². The predicted molar refractivity (Wildman–Crippen MR) is 191 cm³/mol. The Labute approximate surface area is 264 Å². The van der Waals surface area contributed by atoms with Crippen LogP contribution in [0.1, 0.15) is 106 Å². The molecule has 0 saturated carbocycles. The van der Waals surface area contributed by atoms with Crippen LogP contribution in [0.15, 0.2) is 52.0 Å². The van der Waals surface area contributed by atoms with Crippen LogP contribution in [0.25, 0.3) is 0 Å². The third-order valence-electron chi connectivity index (χ3n) is 8.73. The third kappa shape index (κ3) is 12.4. The van der Waals surface area contributed by atoms with Crippen molar-refractivity contribution in [2.24, 2.45) is 4.74 Å². The van der Waals surface area contributed by atoms with Crippen molar-refractivity contribution < 1.29 is 21.7 Å². The van der Waals surface area contributed by atoms with E-state index in [1.807, 2.05) is 0 Å². The molecule has 0 heterocycles. The number of unbranched alkanes of at least 4 members (excludes halogenated alkanes) is 3. The first-order chi connectivity index (χ1) is 17.7. The number of rotatable bonds is 16. The van der Waals surface area contributed by atoms with Gasteiger partial charge >= 0.3 is 0 Å². The summed E-state index contributed by atoms with van der Waals surface area (Å²) in [5.41, 5.74) is 2.98. The molecule has 39 heavy (non-hydrogen) atoms. The Morgan fingerprint density at radius 3 is 1.33 bits per heavy atom. The molecule has 0 N–H and O–H groups in total. The zero-order valence-corrected chi connectivity index (χ0v) is 34.2. The molecule has 1 nitrogen and oxygen atoms in total. The van der Waals surface area contributed by atoms with E-state index in [2.05, 4.69) is 118 Å². The van der Waals surface area contributed by atoms with Gasteiger partial charge < -0.3 is 0 Å². The molecular weight excluding hydrogens is 573 g/mol. The van der Waals surface area contributed by atoms with Crippen molar-refractivity contribution in [2.45, 2.75) is 164 Å². The van der Waals surface area contributed by atoms with Crippen LogP contribution in [-0.2, 0) is 21.7 Å². The minimum Gasteiger partial charge on any atom is -0.283 e. The van der Waals surface area contributed by atoms with Crippen LogP contribution in [0, 0.1) is 0 Å². The van der Waals surface area contributed by atoms with Gasteiger partial charge in [0, 0.05) is 33.8 Å². The first kappa shape index (κ1) is 41.7. The zero-order valence-electron chi connectivity index (χ0n) is 28.8. The molecule has 0 fully saturated rings. The average Bonchev–Trinajstić information content (AvgIpc) is 3.37. The van der Waals surface area contributed by atoms with Crippen LogP contribution in [0.2, 0.25) is 57.4 Å². The van der Waals surface area contributed by atoms with E-state index in [0.717, 1.165) is 19.3 Å². The first-order valence-corrected chi connectivity index (χ1v) is 29.9. The molecule has 226 valence electrons. The molecule has 1 aliphatic rings. The largest absolute Gasteiger partial charge is 0.283 e. The molecule has 1 aliphatic carbocycles. The van der Waals surface area contributed by atoms with Crippen molar-refractivity contribution in [3.63, 3.8) is 0 Å². The molecule has 0 aromatic heterocycles. The first-order valence-electron chi connectivity index (χ1n) is 16.1. The van der Waals surface area contributed by atoms with Gasteiger partial charge in [-0.15, -0.1) is 0 Å². The van der Waals surface area contributed by atoms with Crippen LogP contribution in [0.4, 0.5) is 0 Å². The van der Waals surface area contributed by atoms with Crippen LogP contribution in [0.5, 0.6) is 0 Å². The summed E-state index contributed by atoms with van der Waals surface area (Å²) in [6, 6.07) is 4.52. The van der Waals surface area contributed by atoms with E-state index in [9.17, 15) is 0 Å². The summed E-state index contributed by atoms with van der Waals surface area (Å²) in [6.07, 6.45) is 23.1. The second kappa shape index (κ2) is 20.5. The Morgan fingerprint density at radius 1 is 0.718 bits per heavy atom. The van der Waals surface area contributed by atoms with E-state index in [-0.39, 0.29) is 21.7 Å². The fourth-order valence-electron chi connectivity index (χ4n) is 6.81. The molecule has 0 spiro atoms. The fourth-order valence-corrected chi connectivity index (χ4v) is 90.7. The van der Waals surface area contributed by atoms with E-state index in [4.69, 9.17) is 4.74 Å². The van der Waals surface area contributed by atoms with Crippen LogP contribution < -0.4 is 0 Å². The second-order valence-corrected chi connectivity index (χ2v) is 48.0. The summed E-state index contributed by atoms with van der Waals surface area (Å²) < 4.78 is 6.08. The summed E-state index contributed by atoms with van der Waals surface area (Å²) in [5, 5.41) is 0. The molecule has 0 bridgehead atoms. The van der Waals surface area contributed by atoms with Gasteiger partial charge in [0.05, 0.1) is 23.2 Å². The monoisotopic (exact) mass is 641 g/mol. The van der Waals surface area contributed by atoms with E-state index in [0.29, 0.717) is 0 Å². The predicted octanol–water partition coefficient (Wildman–Crippen LogP) is 13.7. The number of hydrogen-bond acceptors (Lipinski definition) is 1. The van der Waals surface area contributed by atoms with Crippen molar-refractivity contribution in [2.75, 3.05) is 0 Å². The Bertz CT molecular complexity index is 791. The van der Waals surface area contributed by atoms with Gasteiger partial charge in [-0.2, -0.15) is 0 Å². The Morgan fingerprint density at radius 2 is 1.08 bits per heavy atom. The van der Waals surface area contributed by atoms with E-state index >= 15 is 0 Å². The molecule has 0 atom stereocenters. The molecule has 0 saturated heterocycles. The standard InChI is InChI=1S/C23H50NPSi3.C10H18.Ti/c1-10-13-20-26(4,5)25(24-23-18-16-17-19-23,27(6,7)21-14-11-2)28(8,9)22-15-12-3;1-5-7-9(3)10(4)8-6-2;/h16-18H,10-15,19-22H2,1-9H3;7-8H,5-6H2,1-4H3;. The van der Waals surface area contributed by atoms with Gasteiger partial charge in [0.1, 0.15) is 0 Å². The molecule has 0 amide bonds. The quantitative estimate of drug-likeness (QED) is 0.0903. The van der Waals surface area contributed by atoms with Gasteiger partial charge in [-0.05, 0) is 32.8 Å². The number of hydrogen-bond donors (Lipinski definition) is 0. The van der Waals surface area contributed by atoms with Crippen molar-refractivity contribution in [1.29, 1.82) is 0 Å². The van der Waals surface area contributed by atoms with E-state index < -0.39 is 28.9 Å².